The molecule has 0 radical (unpaired) electrons. The number of carbonyl (C=O) groups excluding carboxylic acids is 1. The monoisotopic (exact) mass is 382 g/mol. The van der Waals surface area contributed by atoms with E-state index in [2.05, 4.69) is 14.9 Å². The minimum absolute atomic E-state index is 0.0710. The summed E-state index contributed by atoms with van der Waals surface area (Å²) < 4.78 is 0. The molecule has 0 spiro atoms. The summed E-state index contributed by atoms with van der Waals surface area (Å²) >= 11 is 0. The molecule has 0 atom stereocenters. The molecule has 1 saturated heterocycles. The molecule has 0 bridgehead atoms. The van der Waals surface area contributed by atoms with Crippen LogP contribution in [0.25, 0.3) is 10.9 Å². The fourth-order valence-corrected chi connectivity index (χ4v) is 4.52. The van der Waals surface area contributed by atoms with Crippen molar-refractivity contribution >= 4 is 16.8 Å². The zero-order valence-corrected chi connectivity index (χ0v) is 16.5. The fourth-order valence-electron chi connectivity index (χ4n) is 4.52. The van der Waals surface area contributed by atoms with Crippen LogP contribution in [-0.2, 0) is 11.2 Å². The van der Waals surface area contributed by atoms with Crippen molar-refractivity contribution in [1.82, 2.24) is 19.8 Å². The third kappa shape index (κ3) is 4.61. The average molecular weight is 383 g/mol. The van der Waals surface area contributed by atoms with Crippen LogP contribution < -0.4 is 5.56 Å². The molecular weight excluding hydrogens is 352 g/mol. The van der Waals surface area contributed by atoms with E-state index in [1.807, 2.05) is 23.1 Å². The van der Waals surface area contributed by atoms with Gasteiger partial charge in [0, 0.05) is 45.6 Å². The summed E-state index contributed by atoms with van der Waals surface area (Å²) in [6.45, 7) is 4.27. The summed E-state index contributed by atoms with van der Waals surface area (Å²) in [7, 11) is 0. The Morgan fingerprint density at radius 2 is 1.86 bits per heavy atom. The molecule has 6 heteroatoms. The first-order chi connectivity index (χ1) is 13.7. The quantitative estimate of drug-likeness (QED) is 0.834. The number of piperazine rings is 1. The largest absolute Gasteiger partial charge is 0.340 e. The second kappa shape index (κ2) is 8.86. The lowest BCUT2D eigenvalue weighted by atomic mass is 10.0. The van der Waals surface area contributed by atoms with Gasteiger partial charge in [0.1, 0.15) is 5.82 Å². The third-order valence-corrected chi connectivity index (χ3v) is 6.29. The second-order valence-electron chi connectivity index (χ2n) is 8.19. The van der Waals surface area contributed by atoms with E-state index in [1.165, 1.54) is 25.7 Å². The maximum atomic E-state index is 12.5. The zero-order valence-electron chi connectivity index (χ0n) is 16.5. The molecule has 6 nitrogen and oxygen atoms in total. The minimum atomic E-state index is -0.0710. The Bertz CT molecular complexity index is 864. The van der Waals surface area contributed by atoms with Crippen molar-refractivity contribution in [3.8, 4) is 0 Å². The molecule has 1 saturated carbocycles. The van der Waals surface area contributed by atoms with E-state index in [1.54, 1.807) is 6.07 Å². The fraction of sp³-hybridized carbons (Fsp3) is 0.591. The zero-order chi connectivity index (χ0) is 19.3. The lowest BCUT2D eigenvalue weighted by molar-refractivity contribution is -0.133. The standard InChI is InChI=1S/C22H30N4O2/c27-21(10-9-17-5-1-2-6-17)26-15-13-25(14-16-26)12-11-20-23-19-8-4-3-7-18(19)22(28)24-20/h3-4,7-8,17H,1-2,5-6,9-16H2,(H,23,24,28). The minimum Gasteiger partial charge on any atom is -0.340 e. The van der Waals surface area contributed by atoms with Crippen LogP contribution in [0.4, 0.5) is 0 Å². The molecule has 4 rings (SSSR count). The highest BCUT2D eigenvalue weighted by Gasteiger charge is 2.23. The molecule has 2 aromatic rings. The van der Waals surface area contributed by atoms with Crippen molar-refractivity contribution in [2.24, 2.45) is 5.92 Å². The molecule has 150 valence electrons. The van der Waals surface area contributed by atoms with Crippen LogP contribution in [0.5, 0.6) is 0 Å². The molecule has 2 heterocycles. The number of para-hydroxylation sites is 1. The summed E-state index contributed by atoms with van der Waals surface area (Å²) in [5.41, 5.74) is 0.678. The molecular formula is C22H30N4O2. The molecule has 1 aliphatic heterocycles. The molecule has 2 aliphatic rings. The number of hydrogen-bond donors (Lipinski definition) is 1. The van der Waals surface area contributed by atoms with Crippen LogP contribution in [0.15, 0.2) is 29.1 Å². The van der Waals surface area contributed by atoms with E-state index < -0.39 is 0 Å². The molecule has 28 heavy (non-hydrogen) atoms. The van der Waals surface area contributed by atoms with Gasteiger partial charge in [0.05, 0.1) is 10.9 Å². The summed E-state index contributed by atoms with van der Waals surface area (Å²) in [4.78, 5) is 36.5. The highest BCUT2D eigenvalue weighted by Crippen LogP contribution is 2.28. The first-order valence-electron chi connectivity index (χ1n) is 10.7. The number of nitrogens with one attached hydrogen (secondary N) is 1. The normalized spacial score (nSPS) is 18.8. The lowest BCUT2D eigenvalue weighted by Gasteiger charge is -2.34. The van der Waals surface area contributed by atoms with Crippen molar-refractivity contribution in [3.63, 3.8) is 0 Å². The van der Waals surface area contributed by atoms with Gasteiger partial charge in [0.15, 0.2) is 0 Å². The van der Waals surface area contributed by atoms with Crippen LogP contribution in [0, 0.1) is 5.92 Å². The topological polar surface area (TPSA) is 69.3 Å². The van der Waals surface area contributed by atoms with Gasteiger partial charge < -0.3 is 9.88 Å². The Balaban J connectivity index is 1.23. The summed E-state index contributed by atoms with van der Waals surface area (Å²) in [6, 6.07) is 7.44. The van der Waals surface area contributed by atoms with Gasteiger partial charge in [0.2, 0.25) is 5.91 Å². The van der Waals surface area contributed by atoms with Crippen molar-refractivity contribution in [1.29, 1.82) is 0 Å². The summed E-state index contributed by atoms with van der Waals surface area (Å²) in [5, 5.41) is 0.635. The Morgan fingerprint density at radius 1 is 1.11 bits per heavy atom. The average Bonchev–Trinajstić information content (AvgIpc) is 3.25. The van der Waals surface area contributed by atoms with Crippen LogP contribution in [0.3, 0.4) is 0 Å². The Morgan fingerprint density at radius 3 is 2.64 bits per heavy atom. The van der Waals surface area contributed by atoms with E-state index in [9.17, 15) is 9.59 Å². The lowest BCUT2D eigenvalue weighted by Crippen LogP contribution is -2.49. The first kappa shape index (κ1) is 19.1. The number of benzene rings is 1. The number of aromatic nitrogens is 2. The van der Waals surface area contributed by atoms with E-state index in [4.69, 9.17) is 0 Å². The molecule has 1 aromatic carbocycles. The Labute approximate surface area is 165 Å². The molecule has 1 aliphatic carbocycles. The van der Waals surface area contributed by atoms with E-state index in [0.717, 1.165) is 62.8 Å². The highest BCUT2D eigenvalue weighted by molar-refractivity contribution is 5.77. The van der Waals surface area contributed by atoms with Crippen molar-refractivity contribution in [3.05, 3.63) is 40.4 Å². The van der Waals surface area contributed by atoms with Crippen LogP contribution >= 0.6 is 0 Å². The number of aromatic amines is 1. The molecule has 2 fully saturated rings. The molecule has 0 unspecified atom stereocenters. The highest BCUT2D eigenvalue weighted by atomic mass is 16.2. The molecule has 1 aromatic heterocycles. The van der Waals surface area contributed by atoms with Crippen LogP contribution in [-0.4, -0.2) is 58.4 Å². The van der Waals surface area contributed by atoms with Gasteiger partial charge in [-0.3, -0.25) is 14.5 Å². The van der Waals surface area contributed by atoms with Gasteiger partial charge in [-0.2, -0.15) is 0 Å². The second-order valence-corrected chi connectivity index (χ2v) is 8.19. The van der Waals surface area contributed by atoms with Gasteiger partial charge >= 0.3 is 0 Å². The number of carbonyl (C=O) groups is 1. The Hall–Kier alpha value is -2.21. The van der Waals surface area contributed by atoms with Gasteiger partial charge in [-0.1, -0.05) is 37.8 Å². The smallest absolute Gasteiger partial charge is 0.258 e. The number of nitrogens with zero attached hydrogens (tertiary/aromatic N) is 3. The van der Waals surface area contributed by atoms with Crippen molar-refractivity contribution in [2.75, 3.05) is 32.7 Å². The molecule has 1 amide bonds. The third-order valence-electron chi connectivity index (χ3n) is 6.29. The predicted molar refractivity (Wildman–Crippen MR) is 110 cm³/mol. The maximum absolute atomic E-state index is 12.5. The summed E-state index contributed by atoms with van der Waals surface area (Å²) in [5.74, 6) is 1.84. The number of rotatable bonds is 6. The van der Waals surface area contributed by atoms with Gasteiger partial charge in [-0.25, -0.2) is 4.98 Å². The van der Waals surface area contributed by atoms with E-state index in [0.29, 0.717) is 17.7 Å². The summed E-state index contributed by atoms with van der Waals surface area (Å²) in [6.07, 6.45) is 7.81. The number of hydrogen-bond acceptors (Lipinski definition) is 4. The first-order valence-corrected chi connectivity index (χ1v) is 10.7. The van der Waals surface area contributed by atoms with Gasteiger partial charge in [-0.15, -0.1) is 0 Å². The van der Waals surface area contributed by atoms with E-state index in [-0.39, 0.29) is 5.56 Å². The van der Waals surface area contributed by atoms with E-state index >= 15 is 0 Å². The number of fused-ring (bicyclic) bond motifs is 1. The van der Waals surface area contributed by atoms with Gasteiger partial charge in [0.25, 0.3) is 5.56 Å². The van der Waals surface area contributed by atoms with Gasteiger partial charge in [-0.05, 0) is 24.5 Å². The van der Waals surface area contributed by atoms with Crippen molar-refractivity contribution in [2.45, 2.75) is 44.9 Å². The van der Waals surface area contributed by atoms with Crippen molar-refractivity contribution < 1.29 is 4.79 Å². The maximum Gasteiger partial charge on any atom is 0.258 e. The predicted octanol–water partition coefficient (Wildman–Crippen LogP) is 2.58. The SMILES string of the molecule is O=C(CCC1CCCC1)N1CCN(CCc2nc3ccccc3c(=O)[nH]2)CC1. The molecule has 1 N–H and O–H groups in total. The number of amides is 1. The number of H-pyrrole nitrogens is 1. The van der Waals surface area contributed by atoms with Crippen LogP contribution in [0.1, 0.15) is 44.3 Å². The Kier molecular flexibility index (Phi) is 6.05. The van der Waals surface area contributed by atoms with Crippen LogP contribution in [0.2, 0.25) is 0 Å².